The summed E-state index contributed by atoms with van der Waals surface area (Å²) in [5.41, 5.74) is 2.23. The number of quaternary nitrogens is 1. The van der Waals surface area contributed by atoms with Crippen LogP contribution >= 0.6 is 0 Å². The summed E-state index contributed by atoms with van der Waals surface area (Å²) in [6.45, 7) is 11.6. The summed E-state index contributed by atoms with van der Waals surface area (Å²) >= 11 is 0. The molecular weight excluding hydrogens is 440 g/mol. The van der Waals surface area contributed by atoms with Gasteiger partial charge in [-0.15, -0.1) is 0 Å². The maximum absolute atomic E-state index is 13.6. The van der Waals surface area contributed by atoms with E-state index in [2.05, 4.69) is 27.4 Å². The van der Waals surface area contributed by atoms with Crippen molar-refractivity contribution >= 4 is 17.4 Å². The first kappa shape index (κ1) is 26.2. The first-order valence-electron chi connectivity index (χ1n) is 12.0. The molecule has 0 aliphatic carbocycles. The van der Waals surface area contributed by atoms with E-state index in [4.69, 9.17) is 4.74 Å². The molecule has 3 rings (SSSR count). The molecule has 0 saturated carbocycles. The Labute approximate surface area is 208 Å². The van der Waals surface area contributed by atoms with Crippen molar-refractivity contribution in [2.45, 2.75) is 38.6 Å². The number of ketones is 1. The van der Waals surface area contributed by atoms with Crippen LogP contribution in [0.4, 0.5) is 0 Å². The molecular formula is C29H36N2O4. The SMILES string of the molecule is C=CCOc1ccc(C([O-])=C2C(=O)C(=O)N(CCC[NH+](C)C)C2c2ccc(C(C)(C)C)cc2)cc1. The Bertz CT molecular complexity index is 1090. The smallest absolute Gasteiger partial charge is 0.295 e. The first-order chi connectivity index (χ1) is 16.5. The second-order valence-corrected chi connectivity index (χ2v) is 10.3. The molecule has 1 fully saturated rings. The Morgan fingerprint density at radius 1 is 1.09 bits per heavy atom. The number of Topliss-reactive ketones (excluding diaryl/α,β-unsaturated/α-hetero) is 1. The van der Waals surface area contributed by atoms with Crippen LogP contribution in [-0.4, -0.2) is 50.4 Å². The van der Waals surface area contributed by atoms with Crippen molar-refractivity contribution in [1.29, 1.82) is 0 Å². The third-order valence-electron chi connectivity index (χ3n) is 6.18. The van der Waals surface area contributed by atoms with Gasteiger partial charge in [-0.1, -0.05) is 75.6 Å². The molecule has 1 atom stereocenters. The van der Waals surface area contributed by atoms with Gasteiger partial charge in [0.2, 0.25) is 5.78 Å². The van der Waals surface area contributed by atoms with Gasteiger partial charge in [0.05, 0.1) is 26.7 Å². The molecule has 35 heavy (non-hydrogen) atoms. The van der Waals surface area contributed by atoms with Gasteiger partial charge in [0.1, 0.15) is 12.4 Å². The van der Waals surface area contributed by atoms with Gasteiger partial charge >= 0.3 is 0 Å². The number of hydrogen-bond donors (Lipinski definition) is 1. The topological polar surface area (TPSA) is 74.1 Å². The van der Waals surface area contributed by atoms with Gasteiger partial charge in [-0.2, -0.15) is 0 Å². The fourth-order valence-electron chi connectivity index (χ4n) is 4.23. The standard InChI is InChI=1S/C29H36N2O4/c1-7-19-35-23-15-11-21(12-16-23)26(32)24-25(20-9-13-22(14-10-20)29(2,3)4)31(28(34)27(24)33)18-8-17-30(5)6/h7,9-16,25,32H,1,8,17-19H2,2-6H3. The highest BCUT2D eigenvalue weighted by Crippen LogP contribution is 2.39. The molecule has 1 saturated heterocycles. The van der Waals surface area contributed by atoms with Crippen molar-refractivity contribution in [3.05, 3.63) is 83.4 Å². The normalized spacial score (nSPS) is 17.8. The van der Waals surface area contributed by atoms with Crippen LogP contribution in [-0.2, 0) is 15.0 Å². The Balaban J connectivity index is 2.05. The second kappa shape index (κ2) is 10.9. The minimum absolute atomic E-state index is 0.00969. The predicted molar refractivity (Wildman–Crippen MR) is 136 cm³/mol. The van der Waals surface area contributed by atoms with Gasteiger partial charge in [-0.3, -0.25) is 9.59 Å². The highest BCUT2D eigenvalue weighted by atomic mass is 16.5. The van der Waals surface area contributed by atoms with E-state index in [1.807, 2.05) is 38.4 Å². The maximum Gasteiger partial charge on any atom is 0.295 e. The van der Waals surface area contributed by atoms with Crippen molar-refractivity contribution in [3.63, 3.8) is 0 Å². The Morgan fingerprint density at radius 3 is 2.26 bits per heavy atom. The number of likely N-dealkylation sites (tertiary alicyclic amines) is 1. The van der Waals surface area contributed by atoms with E-state index in [1.54, 1.807) is 35.2 Å². The zero-order valence-corrected chi connectivity index (χ0v) is 21.4. The maximum atomic E-state index is 13.6. The van der Waals surface area contributed by atoms with Gasteiger partial charge in [-0.25, -0.2) is 0 Å². The van der Waals surface area contributed by atoms with E-state index in [-0.39, 0.29) is 11.0 Å². The van der Waals surface area contributed by atoms with Crippen LogP contribution in [0.3, 0.4) is 0 Å². The minimum atomic E-state index is -0.718. The molecule has 6 nitrogen and oxygen atoms in total. The van der Waals surface area contributed by atoms with Crippen LogP contribution in [0.2, 0.25) is 0 Å². The van der Waals surface area contributed by atoms with Crippen LogP contribution in [0.1, 0.15) is 49.9 Å². The molecule has 1 aliphatic rings. The first-order valence-corrected chi connectivity index (χ1v) is 12.0. The lowest BCUT2D eigenvalue weighted by atomic mass is 9.85. The summed E-state index contributed by atoms with van der Waals surface area (Å²) in [4.78, 5) is 29.1. The number of rotatable bonds is 9. The zero-order valence-electron chi connectivity index (χ0n) is 21.4. The predicted octanol–water partition coefficient (Wildman–Crippen LogP) is 2.31. The van der Waals surface area contributed by atoms with Gasteiger partial charge < -0.3 is 19.6 Å². The van der Waals surface area contributed by atoms with Crippen LogP contribution in [0.15, 0.2) is 66.8 Å². The summed E-state index contributed by atoms with van der Waals surface area (Å²) in [6.07, 6.45) is 2.37. The lowest BCUT2D eigenvalue weighted by molar-refractivity contribution is -0.858. The average Bonchev–Trinajstić information content (AvgIpc) is 3.07. The van der Waals surface area contributed by atoms with Crippen molar-refractivity contribution in [3.8, 4) is 5.75 Å². The summed E-state index contributed by atoms with van der Waals surface area (Å²) < 4.78 is 5.50. The molecule has 2 aromatic carbocycles. The zero-order chi connectivity index (χ0) is 25.8. The Hall–Kier alpha value is -3.38. The summed E-state index contributed by atoms with van der Waals surface area (Å²) in [5, 5.41) is 13.6. The molecule has 2 aromatic rings. The average molecular weight is 477 g/mol. The molecule has 1 heterocycles. The molecule has 6 heteroatoms. The highest BCUT2D eigenvalue weighted by molar-refractivity contribution is 6.46. The van der Waals surface area contributed by atoms with Crippen LogP contribution in [0, 0.1) is 0 Å². The summed E-state index contributed by atoms with van der Waals surface area (Å²) in [7, 11) is 4.09. The molecule has 0 radical (unpaired) electrons. The van der Waals surface area contributed by atoms with Crippen LogP contribution in [0.25, 0.3) is 5.76 Å². The van der Waals surface area contributed by atoms with Gasteiger partial charge in [0.25, 0.3) is 5.91 Å². The fraction of sp³-hybridized carbons (Fsp3) is 0.379. The van der Waals surface area contributed by atoms with Crippen molar-refractivity contribution in [2.24, 2.45) is 0 Å². The Morgan fingerprint density at radius 2 is 1.71 bits per heavy atom. The van der Waals surface area contributed by atoms with Crippen molar-refractivity contribution < 1.29 is 24.3 Å². The van der Waals surface area contributed by atoms with E-state index < -0.39 is 23.5 Å². The van der Waals surface area contributed by atoms with Gasteiger partial charge in [0.15, 0.2) is 0 Å². The second-order valence-electron chi connectivity index (χ2n) is 10.3. The molecule has 0 aromatic heterocycles. The molecule has 0 spiro atoms. The van der Waals surface area contributed by atoms with Crippen molar-refractivity contribution in [2.75, 3.05) is 33.8 Å². The van der Waals surface area contributed by atoms with Crippen LogP contribution in [0.5, 0.6) is 5.75 Å². The van der Waals surface area contributed by atoms with Crippen LogP contribution < -0.4 is 14.7 Å². The van der Waals surface area contributed by atoms with Gasteiger partial charge in [0, 0.05) is 18.5 Å². The number of benzene rings is 2. The summed E-state index contributed by atoms with van der Waals surface area (Å²) in [6, 6.07) is 13.8. The van der Waals surface area contributed by atoms with E-state index >= 15 is 0 Å². The van der Waals surface area contributed by atoms with Crippen molar-refractivity contribution in [1.82, 2.24) is 4.90 Å². The van der Waals surface area contributed by atoms with E-state index in [0.717, 1.165) is 24.1 Å². The molecule has 1 N–H and O–H groups in total. The molecule has 0 bridgehead atoms. The van der Waals surface area contributed by atoms with E-state index in [0.29, 0.717) is 24.5 Å². The van der Waals surface area contributed by atoms with Gasteiger partial charge in [-0.05, 0) is 34.2 Å². The number of hydrogen-bond acceptors (Lipinski definition) is 4. The fourth-order valence-corrected chi connectivity index (χ4v) is 4.23. The van der Waals surface area contributed by atoms with E-state index in [9.17, 15) is 14.7 Å². The Kier molecular flexibility index (Phi) is 8.18. The third kappa shape index (κ3) is 6.01. The number of carbonyl (C=O) groups is 2. The summed E-state index contributed by atoms with van der Waals surface area (Å²) in [5.74, 6) is -1.16. The number of carbonyl (C=O) groups excluding carboxylic acids is 2. The minimum Gasteiger partial charge on any atom is -0.872 e. The molecule has 1 aliphatic heterocycles. The number of nitrogens with zero attached hydrogens (tertiary/aromatic N) is 1. The monoisotopic (exact) mass is 476 g/mol. The lowest BCUT2D eigenvalue weighted by Gasteiger charge is -2.28. The largest absolute Gasteiger partial charge is 0.872 e. The molecule has 1 amide bonds. The van der Waals surface area contributed by atoms with E-state index in [1.165, 1.54) is 4.90 Å². The molecule has 186 valence electrons. The quantitative estimate of drug-likeness (QED) is 0.261. The number of amides is 1. The number of ether oxygens (including phenoxy) is 1. The lowest BCUT2D eigenvalue weighted by Crippen LogP contribution is -3.05. The number of nitrogens with one attached hydrogen (secondary N) is 1. The third-order valence-corrected chi connectivity index (χ3v) is 6.18. The highest BCUT2D eigenvalue weighted by Gasteiger charge is 2.44. The molecule has 1 unspecified atom stereocenters.